The maximum atomic E-state index is 15.0. The third-order valence-corrected chi connectivity index (χ3v) is 14.5. The minimum Gasteiger partial charge on any atom is -0.493 e. The zero-order valence-electron chi connectivity index (χ0n) is 37.0. The van der Waals surface area contributed by atoms with E-state index >= 15 is 4.79 Å². The first-order valence-electron chi connectivity index (χ1n) is 23.4. The number of aliphatic hydroxyl groups is 2. The second-order valence-electron chi connectivity index (χ2n) is 17.5. The van der Waals surface area contributed by atoms with Gasteiger partial charge in [0.05, 0.1) is 24.8 Å². The molecule has 0 spiro atoms. The molecule has 0 radical (unpaired) electrons. The van der Waals surface area contributed by atoms with Crippen LogP contribution in [0.1, 0.15) is 107 Å². The van der Waals surface area contributed by atoms with Crippen LogP contribution in [0.4, 0.5) is 4.39 Å². The maximum Gasteiger partial charge on any atom is 0.239 e. The van der Waals surface area contributed by atoms with Gasteiger partial charge in [-0.1, -0.05) is 86.2 Å². The number of amides is 1. The van der Waals surface area contributed by atoms with Gasteiger partial charge in [0.15, 0.2) is 0 Å². The number of nitrogens with zero attached hydrogens (tertiary/aromatic N) is 2. The molecular weight excluding hydrogens is 816 g/mol. The number of thioether (sulfide) groups is 1. The summed E-state index contributed by atoms with van der Waals surface area (Å²) in [6.45, 7) is 7.53. The second kappa shape index (κ2) is 23.2. The van der Waals surface area contributed by atoms with Crippen molar-refractivity contribution < 1.29 is 38.4 Å². The van der Waals surface area contributed by atoms with E-state index in [2.05, 4.69) is 30.9 Å². The molecule has 63 heavy (non-hydrogen) atoms. The summed E-state index contributed by atoms with van der Waals surface area (Å²) < 4.78 is 35.5. The first-order valence-corrected chi connectivity index (χ1v) is 24.4. The third-order valence-electron chi connectivity index (χ3n) is 13.5. The predicted octanol–water partition coefficient (Wildman–Crippen LogP) is 10.6. The molecule has 2 saturated carbocycles. The van der Waals surface area contributed by atoms with Crippen LogP contribution in [0.2, 0.25) is 0 Å². The molecule has 0 saturated heterocycles. The standard InChI is InChI=1S/C52H67FN2O7S/c1-3-30-60-52-48(55(36-38-20-23-40(53)24-21-38)49(58)27-22-37-14-8-9-15-37)35-46(54-61-4-2)44-33-39(16-10-12-28-56)43(19-11-13-29-57)50(51(44)52)45-34-41(25-26-47(45)62-52)59-31-32-63-42-17-6-5-7-18-42/h3,5-7,17-18,20-21,23-26,33-34,37,39,43,48,50-51,56-57H,1,4,8-16,19,22,27-32,35-36H2,2H3/t39-,43+,48-,50+,51+,52+/m0/s1. The predicted molar refractivity (Wildman–Crippen MR) is 247 cm³/mol. The zero-order chi connectivity index (χ0) is 44.0. The lowest BCUT2D eigenvalue weighted by atomic mass is 9.55. The van der Waals surface area contributed by atoms with Gasteiger partial charge in [-0.25, -0.2) is 4.39 Å². The summed E-state index contributed by atoms with van der Waals surface area (Å²) in [6.07, 6.45) is 15.0. The maximum absolute atomic E-state index is 15.0. The van der Waals surface area contributed by atoms with Crippen molar-refractivity contribution in [3.63, 3.8) is 0 Å². The molecule has 11 heteroatoms. The molecule has 1 aliphatic heterocycles. The summed E-state index contributed by atoms with van der Waals surface area (Å²) >= 11 is 1.75. The largest absolute Gasteiger partial charge is 0.493 e. The SMILES string of the molecule is C=CCO[C@@]12Oc3ccc(OCCSc4ccccc4)cc3[C@H]3[C@H](CCCCO)[C@@H](CCCCO)C=C(C(=NOCC)C[C@@H]1N(Cc1ccc(F)cc1)C(=O)CCC1CCCC1)[C@H]32. The highest BCUT2D eigenvalue weighted by atomic mass is 32.2. The third kappa shape index (κ3) is 11.4. The van der Waals surface area contributed by atoms with Crippen molar-refractivity contribution in [1.82, 2.24) is 4.90 Å². The molecule has 2 N–H and O–H groups in total. The molecule has 7 rings (SSSR count). The van der Waals surface area contributed by atoms with E-state index in [1.165, 1.54) is 29.9 Å². The molecule has 0 aromatic heterocycles. The van der Waals surface area contributed by atoms with Gasteiger partial charge in [-0.05, 0) is 110 Å². The molecule has 4 aliphatic rings. The number of oxime groups is 1. The second-order valence-corrected chi connectivity index (χ2v) is 18.7. The Hall–Kier alpha value is -4.16. The van der Waals surface area contributed by atoms with Gasteiger partial charge in [0.1, 0.15) is 30.0 Å². The van der Waals surface area contributed by atoms with Crippen LogP contribution in [-0.4, -0.2) is 77.3 Å². The Morgan fingerprint density at radius 3 is 2.49 bits per heavy atom. The average molecular weight is 883 g/mol. The van der Waals surface area contributed by atoms with Crippen LogP contribution in [0.3, 0.4) is 0 Å². The van der Waals surface area contributed by atoms with E-state index in [1.54, 1.807) is 30.0 Å². The lowest BCUT2D eigenvalue weighted by Crippen LogP contribution is -2.70. The van der Waals surface area contributed by atoms with Crippen molar-refractivity contribution in [1.29, 1.82) is 0 Å². The first-order chi connectivity index (χ1) is 30.9. The summed E-state index contributed by atoms with van der Waals surface area (Å²) in [5, 5.41) is 24.8. The monoisotopic (exact) mass is 882 g/mol. The Morgan fingerprint density at radius 2 is 1.76 bits per heavy atom. The molecule has 6 atom stereocenters. The van der Waals surface area contributed by atoms with E-state index < -0.39 is 17.7 Å². The number of allylic oxidation sites excluding steroid dienone is 1. The van der Waals surface area contributed by atoms with Crippen LogP contribution in [0.25, 0.3) is 0 Å². The van der Waals surface area contributed by atoms with Gasteiger partial charge >= 0.3 is 0 Å². The van der Waals surface area contributed by atoms with E-state index in [0.717, 1.165) is 78.9 Å². The van der Waals surface area contributed by atoms with Gasteiger partial charge in [0.25, 0.3) is 0 Å². The van der Waals surface area contributed by atoms with E-state index in [9.17, 15) is 14.6 Å². The number of halogens is 1. The molecule has 3 aromatic carbocycles. The fourth-order valence-electron chi connectivity index (χ4n) is 10.6. The number of rotatable bonds is 24. The van der Waals surface area contributed by atoms with Gasteiger partial charge in [-0.3, -0.25) is 4.79 Å². The number of hydrogen-bond acceptors (Lipinski definition) is 9. The van der Waals surface area contributed by atoms with Gasteiger partial charge in [0, 0.05) is 54.7 Å². The molecule has 9 nitrogen and oxygen atoms in total. The zero-order valence-corrected chi connectivity index (χ0v) is 37.8. The quantitative estimate of drug-likeness (QED) is 0.0396. The van der Waals surface area contributed by atoms with E-state index in [0.29, 0.717) is 50.6 Å². The molecule has 3 aromatic rings. The van der Waals surface area contributed by atoms with Crippen LogP contribution in [0.5, 0.6) is 11.5 Å². The fourth-order valence-corrected chi connectivity index (χ4v) is 11.4. The number of carbonyl (C=O) groups excluding carboxylic acids is 1. The Labute approximate surface area is 378 Å². The fraction of sp³-hybridized carbons (Fsp3) is 0.538. The normalized spacial score (nSPS) is 24.5. The van der Waals surface area contributed by atoms with Crippen LogP contribution in [0.15, 0.2) is 107 Å². The Kier molecular flexibility index (Phi) is 17.2. The average Bonchev–Trinajstić information content (AvgIpc) is 3.84. The number of benzene rings is 3. The highest BCUT2D eigenvalue weighted by Gasteiger charge is 2.65. The van der Waals surface area contributed by atoms with Gasteiger partial charge in [-0.2, -0.15) is 0 Å². The molecular formula is C52H67FN2O7S. The van der Waals surface area contributed by atoms with Gasteiger partial charge < -0.3 is 34.2 Å². The highest BCUT2D eigenvalue weighted by Crippen LogP contribution is 2.62. The minimum atomic E-state index is -1.37. The van der Waals surface area contributed by atoms with Crippen molar-refractivity contribution in [3.05, 3.63) is 114 Å². The lowest BCUT2D eigenvalue weighted by molar-refractivity contribution is -0.258. The summed E-state index contributed by atoms with van der Waals surface area (Å²) in [5.74, 6) is 0.668. The Balaban J connectivity index is 1.37. The Bertz CT molecular complexity index is 1990. The van der Waals surface area contributed by atoms with Crippen molar-refractivity contribution in [3.8, 4) is 11.5 Å². The smallest absolute Gasteiger partial charge is 0.239 e. The molecule has 1 heterocycles. The molecule has 0 bridgehead atoms. The number of fused-ring (bicyclic) bond motifs is 2. The first kappa shape index (κ1) is 46.8. The number of hydrogen-bond donors (Lipinski definition) is 2. The summed E-state index contributed by atoms with van der Waals surface area (Å²) in [4.78, 5) is 24.1. The van der Waals surface area contributed by atoms with E-state index in [-0.39, 0.29) is 55.8 Å². The van der Waals surface area contributed by atoms with E-state index in [1.807, 2.05) is 42.2 Å². The number of ether oxygens (including phenoxy) is 3. The summed E-state index contributed by atoms with van der Waals surface area (Å²) in [5.41, 5.74) is 3.59. The number of carbonyl (C=O) groups is 1. The van der Waals surface area contributed by atoms with Crippen LogP contribution < -0.4 is 9.47 Å². The highest BCUT2D eigenvalue weighted by molar-refractivity contribution is 7.99. The molecule has 340 valence electrons. The van der Waals surface area contributed by atoms with Crippen molar-refractivity contribution in [2.24, 2.45) is 28.8 Å². The van der Waals surface area contributed by atoms with Gasteiger partial charge in [-0.15, -0.1) is 18.3 Å². The minimum absolute atomic E-state index is 0.00115. The Morgan fingerprint density at radius 1 is 1.00 bits per heavy atom. The number of unbranched alkanes of at least 4 members (excludes halogenated alkanes) is 2. The lowest BCUT2D eigenvalue weighted by Gasteiger charge is -2.60. The summed E-state index contributed by atoms with van der Waals surface area (Å²) in [7, 11) is 0. The molecule has 1 amide bonds. The number of aliphatic hydroxyl groups excluding tert-OH is 2. The molecule has 0 unspecified atom stereocenters. The summed E-state index contributed by atoms with van der Waals surface area (Å²) in [6, 6.07) is 22.2. The van der Waals surface area contributed by atoms with Crippen LogP contribution >= 0.6 is 11.8 Å². The van der Waals surface area contributed by atoms with Crippen LogP contribution in [-0.2, 0) is 20.9 Å². The van der Waals surface area contributed by atoms with E-state index in [4.69, 9.17) is 24.2 Å². The van der Waals surface area contributed by atoms with Crippen molar-refractivity contribution >= 4 is 23.4 Å². The van der Waals surface area contributed by atoms with Crippen molar-refractivity contribution in [2.45, 2.75) is 120 Å². The van der Waals surface area contributed by atoms with Crippen LogP contribution in [0, 0.1) is 29.5 Å². The van der Waals surface area contributed by atoms with Crippen molar-refractivity contribution in [2.75, 3.05) is 38.8 Å². The topological polar surface area (TPSA) is 110 Å². The molecule has 2 fully saturated rings. The molecule has 3 aliphatic carbocycles. The van der Waals surface area contributed by atoms with Gasteiger partial charge in [0.2, 0.25) is 11.7 Å².